The average Bonchev–Trinajstić information content (AvgIpc) is 2.39. The summed E-state index contributed by atoms with van der Waals surface area (Å²) in [5.74, 6) is 0.983. The van der Waals surface area contributed by atoms with Crippen LogP contribution >= 0.6 is 0 Å². The molecule has 3 nitrogen and oxygen atoms in total. The predicted octanol–water partition coefficient (Wildman–Crippen LogP) is 3.78. The number of hydrogen-bond donors (Lipinski definition) is 1. The summed E-state index contributed by atoms with van der Waals surface area (Å²) in [7, 11) is 0. The van der Waals surface area contributed by atoms with Crippen LogP contribution in [0.1, 0.15) is 65.7 Å². The Morgan fingerprint density at radius 2 is 2.10 bits per heavy atom. The zero-order valence-electron chi connectivity index (χ0n) is 13.4. The van der Waals surface area contributed by atoms with E-state index in [1.165, 1.54) is 19.3 Å². The van der Waals surface area contributed by atoms with E-state index in [2.05, 4.69) is 25.7 Å². The van der Waals surface area contributed by atoms with Gasteiger partial charge in [-0.05, 0) is 56.9 Å². The first-order valence-corrected chi connectivity index (χ1v) is 8.46. The Balaban J connectivity index is 2.07. The number of hydrogen-bond acceptors (Lipinski definition) is 2. The predicted molar refractivity (Wildman–Crippen MR) is 81.8 cm³/mol. The van der Waals surface area contributed by atoms with E-state index < -0.39 is 11.4 Å². The van der Waals surface area contributed by atoms with E-state index in [0.717, 1.165) is 44.7 Å². The van der Waals surface area contributed by atoms with E-state index >= 15 is 0 Å². The van der Waals surface area contributed by atoms with Crippen LogP contribution in [-0.2, 0) is 4.79 Å². The molecule has 0 bridgehead atoms. The highest BCUT2D eigenvalue weighted by Crippen LogP contribution is 2.39. The summed E-state index contributed by atoms with van der Waals surface area (Å²) in [6.07, 6.45) is 7.57. The van der Waals surface area contributed by atoms with Gasteiger partial charge in [-0.2, -0.15) is 0 Å². The van der Waals surface area contributed by atoms with Crippen molar-refractivity contribution in [2.45, 2.75) is 71.8 Å². The van der Waals surface area contributed by atoms with Gasteiger partial charge < -0.3 is 5.11 Å². The summed E-state index contributed by atoms with van der Waals surface area (Å²) in [6, 6.07) is 0.613. The molecule has 4 atom stereocenters. The average molecular weight is 281 g/mol. The molecule has 116 valence electrons. The lowest BCUT2D eigenvalue weighted by molar-refractivity contribution is -0.154. The van der Waals surface area contributed by atoms with Gasteiger partial charge in [0.05, 0.1) is 5.41 Å². The molecule has 2 fully saturated rings. The smallest absolute Gasteiger partial charge is 0.310 e. The lowest BCUT2D eigenvalue weighted by Gasteiger charge is -2.47. The van der Waals surface area contributed by atoms with Crippen molar-refractivity contribution in [2.75, 3.05) is 13.1 Å². The normalized spacial score (nSPS) is 39.6. The summed E-state index contributed by atoms with van der Waals surface area (Å²) < 4.78 is 0. The van der Waals surface area contributed by atoms with E-state index in [1.807, 2.05) is 0 Å². The molecule has 1 saturated carbocycles. The zero-order valence-corrected chi connectivity index (χ0v) is 13.4. The Kier molecular flexibility index (Phi) is 5.11. The Bertz CT molecular complexity index is 340. The number of aliphatic carboxylic acids is 1. The summed E-state index contributed by atoms with van der Waals surface area (Å²) in [5, 5.41) is 9.72. The molecule has 0 amide bonds. The first-order valence-electron chi connectivity index (χ1n) is 8.46. The fourth-order valence-electron chi connectivity index (χ4n) is 4.61. The van der Waals surface area contributed by atoms with E-state index in [-0.39, 0.29) is 0 Å². The fraction of sp³-hybridized carbons (Fsp3) is 0.941. The van der Waals surface area contributed by atoms with Crippen LogP contribution in [0.5, 0.6) is 0 Å². The van der Waals surface area contributed by atoms with Crippen molar-refractivity contribution in [3.05, 3.63) is 0 Å². The van der Waals surface area contributed by atoms with E-state index in [0.29, 0.717) is 12.0 Å². The van der Waals surface area contributed by atoms with Gasteiger partial charge in [-0.3, -0.25) is 9.69 Å². The van der Waals surface area contributed by atoms with Crippen molar-refractivity contribution in [1.82, 2.24) is 4.90 Å². The molecule has 1 heterocycles. The zero-order chi connectivity index (χ0) is 14.8. The lowest BCUT2D eigenvalue weighted by Crippen LogP contribution is -2.53. The van der Waals surface area contributed by atoms with Gasteiger partial charge in [0.25, 0.3) is 0 Å². The molecule has 3 heteroatoms. The summed E-state index contributed by atoms with van der Waals surface area (Å²) in [4.78, 5) is 14.3. The number of piperidine rings is 1. The maximum atomic E-state index is 11.8. The second-order valence-electron chi connectivity index (χ2n) is 7.37. The van der Waals surface area contributed by atoms with Crippen molar-refractivity contribution >= 4 is 5.97 Å². The molecule has 0 spiro atoms. The van der Waals surface area contributed by atoms with Crippen LogP contribution in [0.25, 0.3) is 0 Å². The van der Waals surface area contributed by atoms with Gasteiger partial charge in [0.15, 0.2) is 0 Å². The number of rotatable bonds is 4. The second-order valence-corrected chi connectivity index (χ2v) is 7.37. The van der Waals surface area contributed by atoms with Crippen molar-refractivity contribution in [2.24, 2.45) is 17.3 Å². The van der Waals surface area contributed by atoms with Crippen molar-refractivity contribution in [3.8, 4) is 0 Å². The Labute approximate surface area is 123 Å². The van der Waals surface area contributed by atoms with E-state index in [4.69, 9.17) is 0 Å². The van der Waals surface area contributed by atoms with Crippen LogP contribution in [0, 0.1) is 17.3 Å². The number of likely N-dealkylation sites (tertiary alicyclic amines) is 1. The molecule has 1 N–H and O–H groups in total. The molecule has 0 aromatic rings. The third kappa shape index (κ3) is 3.19. The van der Waals surface area contributed by atoms with Crippen LogP contribution in [0.3, 0.4) is 0 Å². The molecule has 0 radical (unpaired) electrons. The topological polar surface area (TPSA) is 40.5 Å². The summed E-state index contributed by atoms with van der Waals surface area (Å²) in [5.41, 5.74) is -0.476. The minimum absolute atomic E-state index is 0.476. The maximum Gasteiger partial charge on any atom is 0.310 e. The van der Waals surface area contributed by atoms with Crippen molar-refractivity contribution < 1.29 is 9.90 Å². The third-order valence-corrected chi connectivity index (χ3v) is 5.64. The third-order valence-electron chi connectivity index (χ3n) is 5.64. The monoisotopic (exact) mass is 281 g/mol. The van der Waals surface area contributed by atoms with Gasteiger partial charge in [0.1, 0.15) is 0 Å². The quantitative estimate of drug-likeness (QED) is 0.852. The van der Waals surface area contributed by atoms with Crippen molar-refractivity contribution in [3.63, 3.8) is 0 Å². The molecule has 0 aromatic heterocycles. The first kappa shape index (κ1) is 15.8. The maximum absolute atomic E-state index is 11.8. The summed E-state index contributed by atoms with van der Waals surface area (Å²) >= 11 is 0. The Morgan fingerprint density at radius 3 is 2.70 bits per heavy atom. The number of carboxylic acid groups (broad SMARTS) is 1. The molecule has 2 rings (SSSR count). The molecule has 4 unspecified atom stereocenters. The standard InChI is InChI=1S/C17H31NO2/c1-4-8-17(16(19)20)9-5-10-18(12-17)15-7-6-13(2)11-14(15)3/h13-15H,4-12H2,1-3H3,(H,19,20). The van der Waals surface area contributed by atoms with Gasteiger partial charge in [0.2, 0.25) is 0 Å². The Hall–Kier alpha value is -0.570. The lowest BCUT2D eigenvalue weighted by atomic mass is 9.73. The second kappa shape index (κ2) is 6.46. The SMILES string of the molecule is CCCC1(C(=O)O)CCCN(C2CCC(C)CC2C)C1. The van der Waals surface area contributed by atoms with Gasteiger partial charge in [-0.15, -0.1) is 0 Å². The molecule has 20 heavy (non-hydrogen) atoms. The molecular formula is C17H31NO2. The van der Waals surface area contributed by atoms with Gasteiger partial charge in [-0.25, -0.2) is 0 Å². The van der Waals surface area contributed by atoms with Crippen LogP contribution in [0.15, 0.2) is 0 Å². The summed E-state index contributed by atoms with van der Waals surface area (Å²) in [6.45, 7) is 8.69. The molecule has 1 aliphatic heterocycles. The van der Waals surface area contributed by atoms with Crippen LogP contribution in [-0.4, -0.2) is 35.1 Å². The van der Waals surface area contributed by atoms with E-state index in [9.17, 15) is 9.90 Å². The largest absolute Gasteiger partial charge is 0.481 e. The minimum Gasteiger partial charge on any atom is -0.481 e. The number of carboxylic acids is 1. The Morgan fingerprint density at radius 1 is 1.35 bits per heavy atom. The first-order chi connectivity index (χ1) is 9.48. The molecule has 2 aliphatic rings. The van der Waals surface area contributed by atoms with Gasteiger partial charge in [-0.1, -0.05) is 27.2 Å². The molecular weight excluding hydrogens is 250 g/mol. The van der Waals surface area contributed by atoms with Crippen LogP contribution in [0.2, 0.25) is 0 Å². The highest BCUT2D eigenvalue weighted by atomic mass is 16.4. The van der Waals surface area contributed by atoms with Crippen molar-refractivity contribution in [1.29, 1.82) is 0 Å². The van der Waals surface area contributed by atoms with E-state index in [1.54, 1.807) is 0 Å². The molecule has 0 aromatic carbocycles. The van der Waals surface area contributed by atoms with Gasteiger partial charge >= 0.3 is 5.97 Å². The minimum atomic E-state index is -0.569. The number of nitrogens with zero attached hydrogens (tertiary/aromatic N) is 1. The highest BCUT2D eigenvalue weighted by molar-refractivity contribution is 5.75. The molecule has 1 saturated heterocycles. The van der Waals surface area contributed by atoms with Crippen LogP contribution in [0.4, 0.5) is 0 Å². The number of carbonyl (C=O) groups is 1. The fourth-order valence-corrected chi connectivity index (χ4v) is 4.61. The van der Waals surface area contributed by atoms with Gasteiger partial charge in [0, 0.05) is 12.6 Å². The highest BCUT2D eigenvalue weighted by Gasteiger charge is 2.44. The molecule has 1 aliphatic carbocycles. The van der Waals surface area contributed by atoms with Crippen LogP contribution < -0.4 is 0 Å².